The lowest BCUT2D eigenvalue weighted by atomic mass is 10.2. The van der Waals surface area contributed by atoms with E-state index in [1.165, 1.54) is 32.2 Å². The maximum atomic E-state index is 10.8. The van der Waals surface area contributed by atoms with Gasteiger partial charge < -0.3 is 15.2 Å². The van der Waals surface area contributed by atoms with Crippen LogP contribution in [0.25, 0.3) is 0 Å². The van der Waals surface area contributed by atoms with Crippen molar-refractivity contribution < 1.29 is 19.6 Å². The van der Waals surface area contributed by atoms with Crippen LogP contribution in [0.1, 0.15) is 6.92 Å². The Balaban J connectivity index is 3.18. The van der Waals surface area contributed by atoms with Crippen LogP contribution in [-0.2, 0) is 4.79 Å². The number of carboxylic acids is 1. The van der Waals surface area contributed by atoms with E-state index in [1.54, 1.807) is 0 Å². The number of carbonyl (C=O) groups is 1. The molecule has 0 aliphatic carbocycles. The number of nitrogens with zero attached hydrogens (tertiary/aromatic N) is 1. The van der Waals surface area contributed by atoms with Crippen molar-refractivity contribution >= 4 is 17.3 Å². The minimum absolute atomic E-state index is 0.0647. The molecule has 0 radical (unpaired) electrons. The number of hydrogen-bond acceptors (Lipinski definition) is 5. The lowest BCUT2D eigenvalue weighted by Gasteiger charge is -2.14. The summed E-state index contributed by atoms with van der Waals surface area (Å²) in [5.74, 6) is -0.877. The highest BCUT2D eigenvalue weighted by atomic mass is 16.6. The predicted molar refractivity (Wildman–Crippen MR) is 60.4 cm³/mol. The molecule has 1 aromatic carbocycles. The van der Waals surface area contributed by atoms with Crippen molar-refractivity contribution in [1.82, 2.24) is 0 Å². The smallest absolute Gasteiger partial charge is 0.325 e. The van der Waals surface area contributed by atoms with Crippen molar-refractivity contribution in [2.24, 2.45) is 0 Å². The molecule has 0 fully saturated rings. The number of nitrogens with one attached hydrogen (secondary N) is 1. The predicted octanol–water partition coefficient (Wildman–Crippen LogP) is 1.49. The minimum Gasteiger partial charge on any atom is -0.494 e. The van der Waals surface area contributed by atoms with Crippen molar-refractivity contribution in [2.75, 3.05) is 12.4 Å². The number of nitro groups is 1. The first-order valence-corrected chi connectivity index (χ1v) is 4.78. The molecule has 7 nitrogen and oxygen atoms in total. The number of aliphatic carboxylic acids is 1. The number of para-hydroxylation sites is 1. The lowest BCUT2D eigenvalue weighted by Crippen LogP contribution is -2.26. The Kier molecular flexibility index (Phi) is 3.86. The summed E-state index contributed by atoms with van der Waals surface area (Å²) in [6, 6.07) is 3.31. The lowest BCUT2D eigenvalue weighted by molar-refractivity contribution is -0.384. The molecule has 2 N–H and O–H groups in total. The molecule has 0 bridgehead atoms. The van der Waals surface area contributed by atoms with Gasteiger partial charge in [0, 0.05) is 6.07 Å². The van der Waals surface area contributed by atoms with Crippen molar-refractivity contribution in [1.29, 1.82) is 0 Å². The molecule has 17 heavy (non-hydrogen) atoms. The summed E-state index contributed by atoms with van der Waals surface area (Å²) in [6.45, 7) is 1.39. The summed E-state index contributed by atoms with van der Waals surface area (Å²) in [5.41, 5.74) is -0.160. The number of methoxy groups -OCH3 is 1. The second-order valence-corrected chi connectivity index (χ2v) is 3.32. The molecule has 0 saturated carbocycles. The molecule has 0 unspecified atom stereocenters. The molecule has 1 rings (SSSR count). The van der Waals surface area contributed by atoms with Crippen molar-refractivity contribution in [3.63, 3.8) is 0 Å². The third kappa shape index (κ3) is 2.83. The minimum atomic E-state index is -1.11. The number of anilines is 1. The Morgan fingerprint density at radius 2 is 2.24 bits per heavy atom. The van der Waals surface area contributed by atoms with Crippen LogP contribution < -0.4 is 10.1 Å². The fourth-order valence-electron chi connectivity index (χ4n) is 1.27. The molecular formula is C10H12N2O5. The standard InChI is InChI=1S/C10H12N2O5/c1-6(10(13)14)11-9-7(12(15)16)4-3-5-8(9)17-2/h3-6,11H,1-2H3,(H,13,14)/t6-/m0/s1. The van der Waals surface area contributed by atoms with E-state index in [2.05, 4.69) is 5.32 Å². The highest BCUT2D eigenvalue weighted by molar-refractivity contribution is 5.80. The topological polar surface area (TPSA) is 102 Å². The van der Waals surface area contributed by atoms with E-state index in [0.717, 1.165) is 0 Å². The fraction of sp³-hybridized carbons (Fsp3) is 0.300. The molecule has 7 heteroatoms. The summed E-state index contributed by atoms with van der Waals surface area (Å²) in [7, 11) is 1.36. The molecular weight excluding hydrogens is 228 g/mol. The van der Waals surface area contributed by atoms with Gasteiger partial charge in [-0.2, -0.15) is 0 Å². The highest BCUT2D eigenvalue weighted by Crippen LogP contribution is 2.34. The summed E-state index contributed by atoms with van der Waals surface area (Å²) in [4.78, 5) is 20.9. The third-order valence-corrected chi connectivity index (χ3v) is 2.15. The van der Waals surface area contributed by atoms with E-state index in [1.807, 2.05) is 0 Å². The zero-order valence-electron chi connectivity index (χ0n) is 9.34. The van der Waals surface area contributed by atoms with Crippen LogP contribution in [0.4, 0.5) is 11.4 Å². The Labute approximate surface area is 97.2 Å². The monoisotopic (exact) mass is 240 g/mol. The molecule has 1 atom stereocenters. The van der Waals surface area contributed by atoms with Gasteiger partial charge in [-0.25, -0.2) is 0 Å². The van der Waals surface area contributed by atoms with E-state index in [4.69, 9.17) is 9.84 Å². The molecule has 0 saturated heterocycles. The van der Waals surface area contributed by atoms with Gasteiger partial charge in [-0.1, -0.05) is 6.07 Å². The average Bonchev–Trinajstić information content (AvgIpc) is 2.28. The van der Waals surface area contributed by atoms with E-state index in [-0.39, 0.29) is 17.1 Å². The molecule has 1 aromatic rings. The van der Waals surface area contributed by atoms with Crippen molar-refractivity contribution in [2.45, 2.75) is 13.0 Å². The summed E-state index contributed by atoms with van der Waals surface area (Å²) < 4.78 is 4.96. The summed E-state index contributed by atoms with van der Waals surface area (Å²) >= 11 is 0. The first-order chi connectivity index (χ1) is 7.97. The molecule has 0 aliphatic rings. The molecule has 0 spiro atoms. The zero-order chi connectivity index (χ0) is 13.0. The van der Waals surface area contributed by atoms with Gasteiger partial charge in [-0.05, 0) is 13.0 Å². The van der Waals surface area contributed by atoms with Gasteiger partial charge in [0.25, 0.3) is 5.69 Å². The van der Waals surface area contributed by atoms with Crippen molar-refractivity contribution in [3.8, 4) is 5.75 Å². The Morgan fingerprint density at radius 1 is 1.59 bits per heavy atom. The van der Waals surface area contributed by atoms with Crippen LogP contribution in [0.15, 0.2) is 18.2 Å². The van der Waals surface area contributed by atoms with E-state index in [9.17, 15) is 14.9 Å². The Hall–Kier alpha value is -2.31. The van der Waals surface area contributed by atoms with Crippen LogP contribution in [0.5, 0.6) is 5.75 Å². The molecule has 0 aromatic heterocycles. The average molecular weight is 240 g/mol. The number of hydrogen-bond donors (Lipinski definition) is 2. The van der Waals surface area contributed by atoms with Gasteiger partial charge in [-0.3, -0.25) is 14.9 Å². The normalized spacial score (nSPS) is 11.6. The molecule has 92 valence electrons. The number of benzene rings is 1. The van der Waals surface area contributed by atoms with Gasteiger partial charge in [0.05, 0.1) is 12.0 Å². The van der Waals surface area contributed by atoms with E-state index in [0.29, 0.717) is 0 Å². The second-order valence-electron chi connectivity index (χ2n) is 3.32. The van der Waals surface area contributed by atoms with Crippen LogP contribution in [0, 0.1) is 10.1 Å². The van der Waals surface area contributed by atoms with Crippen LogP contribution in [0.2, 0.25) is 0 Å². The quantitative estimate of drug-likeness (QED) is 0.597. The number of carboxylic acid groups (broad SMARTS) is 1. The van der Waals surface area contributed by atoms with Crippen molar-refractivity contribution in [3.05, 3.63) is 28.3 Å². The van der Waals surface area contributed by atoms with Crippen LogP contribution >= 0.6 is 0 Å². The summed E-state index contributed by atoms with van der Waals surface area (Å²) in [5, 5.41) is 22.1. The second kappa shape index (κ2) is 5.15. The van der Waals surface area contributed by atoms with Gasteiger partial charge in [0.1, 0.15) is 11.8 Å². The van der Waals surface area contributed by atoms with E-state index < -0.39 is 16.9 Å². The van der Waals surface area contributed by atoms with Gasteiger partial charge in [0.15, 0.2) is 5.69 Å². The maximum absolute atomic E-state index is 10.8. The van der Waals surface area contributed by atoms with Crippen LogP contribution in [-0.4, -0.2) is 29.2 Å². The molecule has 0 amide bonds. The summed E-state index contributed by atoms with van der Waals surface area (Å²) in [6.07, 6.45) is 0. The fourth-order valence-corrected chi connectivity index (χ4v) is 1.27. The van der Waals surface area contributed by atoms with Gasteiger partial charge in [0.2, 0.25) is 0 Å². The molecule has 0 heterocycles. The first-order valence-electron chi connectivity index (χ1n) is 4.78. The van der Waals surface area contributed by atoms with Gasteiger partial charge in [-0.15, -0.1) is 0 Å². The zero-order valence-corrected chi connectivity index (χ0v) is 9.34. The Morgan fingerprint density at radius 3 is 2.71 bits per heavy atom. The molecule has 0 aliphatic heterocycles. The SMILES string of the molecule is COc1cccc([N+](=O)[O-])c1N[C@@H](C)C(=O)O. The van der Waals surface area contributed by atoms with Crippen LogP contribution in [0.3, 0.4) is 0 Å². The number of ether oxygens (including phenoxy) is 1. The first kappa shape index (κ1) is 12.8. The Bertz CT molecular complexity index is 446. The highest BCUT2D eigenvalue weighted by Gasteiger charge is 2.22. The van der Waals surface area contributed by atoms with Gasteiger partial charge >= 0.3 is 5.97 Å². The largest absolute Gasteiger partial charge is 0.494 e. The maximum Gasteiger partial charge on any atom is 0.325 e. The third-order valence-electron chi connectivity index (χ3n) is 2.15. The van der Waals surface area contributed by atoms with E-state index >= 15 is 0 Å². The number of nitro benzene ring substituents is 1. The number of rotatable bonds is 5.